The van der Waals surface area contributed by atoms with Gasteiger partial charge in [-0.15, -0.1) is 0 Å². The Morgan fingerprint density at radius 3 is 2.26 bits per heavy atom. The van der Waals surface area contributed by atoms with Crippen LogP contribution >= 0.6 is 0 Å². The standard InChI is InChI=1S/C13H24N2O4/c1-5-9-10-11(6-2)15(13(17)19-8-4)14-12(16)18-7-3/h9-11H,5-8H2,1-4H3,(H,14,16)/b10-9+. The van der Waals surface area contributed by atoms with E-state index in [0.29, 0.717) is 6.42 Å². The summed E-state index contributed by atoms with van der Waals surface area (Å²) in [4.78, 5) is 23.3. The Morgan fingerprint density at radius 2 is 1.79 bits per heavy atom. The van der Waals surface area contributed by atoms with Crippen molar-refractivity contribution in [2.45, 2.75) is 46.6 Å². The zero-order valence-electron chi connectivity index (χ0n) is 12.1. The van der Waals surface area contributed by atoms with E-state index in [4.69, 9.17) is 9.47 Å². The highest BCUT2D eigenvalue weighted by atomic mass is 16.6. The van der Waals surface area contributed by atoms with E-state index >= 15 is 0 Å². The van der Waals surface area contributed by atoms with Crippen molar-refractivity contribution >= 4 is 12.2 Å². The molecule has 0 aliphatic carbocycles. The Bertz CT molecular complexity index is 305. The third-order valence-corrected chi connectivity index (χ3v) is 2.30. The average Bonchev–Trinajstić information content (AvgIpc) is 2.38. The first-order valence-corrected chi connectivity index (χ1v) is 6.66. The van der Waals surface area contributed by atoms with Crippen LogP contribution in [0.25, 0.3) is 0 Å². The summed E-state index contributed by atoms with van der Waals surface area (Å²) in [5, 5.41) is 1.16. The summed E-state index contributed by atoms with van der Waals surface area (Å²) in [6.45, 7) is 7.81. The van der Waals surface area contributed by atoms with E-state index in [1.165, 1.54) is 0 Å². The van der Waals surface area contributed by atoms with Gasteiger partial charge in [0, 0.05) is 0 Å². The highest BCUT2D eigenvalue weighted by molar-refractivity contribution is 5.74. The summed E-state index contributed by atoms with van der Waals surface area (Å²) in [5.41, 5.74) is 2.41. The second-order valence-electron chi connectivity index (χ2n) is 3.71. The van der Waals surface area contributed by atoms with Crippen molar-refractivity contribution in [1.82, 2.24) is 10.4 Å². The number of nitrogens with one attached hydrogen (secondary N) is 1. The molecule has 110 valence electrons. The number of allylic oxidation sites excluding steroid dienone is 1. The van der Waals surface area contributed by atoms with Gasteiger partial charge < -0.3 is 9.47 Å². The fourth-order valence-corrected chi connectivity index (χ4v) is 1.42. The summed E-state index contributed by atoms with van der Waals surface area (Å²) in [6, 6.07) is -0.261. The maximum atomic E-state index is 11.8. The van der Waals surface area contributed by atoms with Crippen LogP contribution in [0.15, 0.2) is 12.2 Å². The van der Waals surface area contributed by atoms with Crippen LogP contribution in [0.4, 0.5) is 9.59 Å². The van der Waals surface area contributed by atoms with E-state index in [1.54, 1.807) is 13.8 Å². The number of carbonyl (C=O) groups is 2. The van der Waals surface area contributed by atoms with Crippen LogP contribution in [0.1, 0.15) is 40.5 Å². The minimum atomic E-state index is -0.668. The third-order valence-electron chi connectivity index (χ3n) is 2.30. The SMILES string of the molecule is CC/C=C/C(CC)N(NC(=O)OCC)C(=O)OCC. The molecule has 0 saturated carbocycles. The zero-order valence-corrected chi connectivity index (χ0v) is 12.1. The van der Waals surface area contributed by atoms with Crippen molar-refractivity contribution in [3.63, 3.8) is 0 Å². The Labute approximate surface area is 114 Å². The summed E-state index contributed by atoms with van der Waals surface area (Å²) in [5.74, 6) is 0. The normalized spacial score (nSPS) is 12.0. The van der Waals surface area contributed by atoms with Crippen LogP contribution < -0.4 is 5.43 Å². The fourth-order valence-electron chi connectivity index (χ4n) is 1.42. The predicted molar refractivity (Wildman–Crippen MR) is 72.5 cm³/mol. The molecule has 2 amide bonds. The minimum Gasteiger partial charge on any atom is -0.449 e. The molecule has 0 bridgehead atoms. The summed E-state index contributed by atoms with van der Waals surface area (Å²) < 4.78 is 9.70. The minimum absolute atomic E-state index is 0.240. The third kappa shape index (κ3) is 6.69. The first-order chi connectivity index (χ1) is 9.10. The molecule has 0 fully saturated rings. The van der Waals surface area contributed by atoms with Gasteiger partial charge in [0.1, 0.15) is 0 Å². The Morgan fingerprint density at radius 1 is 1.16 bits per heavy atom. The van der Waals surface area contributed by atoms with Gasteiger partial charge in [-0.3, -0.25) is 0 Å². The quantitative estimate of drug-likeness (QED) is 0.596. The molecule has 0 spiro atoms. The lowest BCUT2D eigenvalue weighted by atomic mass is 10.2. The summed E-state index contributed by atoms with van der Waals surface area (Å²) in [6.07, 6.45) is 4.05. The molecule has 0 aromatic carbocycles. The van der Waals surface area contributed by atoms with Gasteiger partial charge in [0.2, 0.25) is 0 Å². The molecular weight excluding hydrogens is 248 g/mol. The lowest BCUT2D eigenvalue weighted by Crippen LogP contribution is -2.51. The molecule has 6 heteroatoms. The van der Waals surface area contributed by atoms with Gasteiger partial charge in [0.05, 0.1) is 19.3 Å². The van der Waals surface area contributed by atoms with Gasteiger partial charge >= 0.3 is 12.2 Å². The largest absolute Gasteiger partial charge is 0.449 e. The maximum Gasteiger partial charge on any atom is 0.429 e. The van der Waals surface area contributed by atoms with Crippen LogP contribution in [0.2, 0.25) is 0 Å². The van der Waals surface area contributed by atoms with Crippen molar-refractivity contribution < 1.29 is 19.1 Å². The van der Waals surface area contributed by atoms with E-state index < -0.39 is 12.2 Å². The first kappa shape index (κ1) is 17.3. The van der Waals surface area contributed by atoms with E-state index in [-0.39, 0.29) is 19.3 Å². The molecule has 1 atom stereocenters. The maximum absolute atomic E-state index is 11.8. The average molecular weight is 272 g/mol. The van der Waals surface area contributed by atoms with E-state index in [0.717, 1.165) is 11.4 Å². The summed E-state index contributed by atoms with van der Waals surface area (Å²) >= 11 is 0. The van der Waals surface area contributed by atoms with E-state index in [9.17, 15) is 9.59 Å². The molecular formula is C13H24N2O4. The second kappa shape index (κ2) is 10.2. The number of ether oxygens (including phenoxy) is 2. The Balaban J connectivity index is 4.85. The van der Waals surface area contributed by atoms with Crippen LogP contribution in [-0.4, -0.2) is 36.5 Å². The van der Waals surface area contributed by atoms with E-state index in [2.05, 4.69) is 5.43 Å². The number of nitrogens with zero attached hydrogens (tertiary/aromatic N) is 1. The van der Waals surface area contributed by atoms with Crippen molar-refractivity contribution in [1.29, 1.82) is 0 Å². The Kier molecular flexibility index (Phi) is 9.30. The van der Waals surface area contributed by atoms with Crippen LogP contribution in [0, 0.1) is 0 Å². The molecule has 0 aromatic rings. The Hall–Kier alpha value is -1.72. The second-order valence-corrected chi connectivity index (χ2v) is 3.71. The predicted octanol–water partition coefficient (Wildman–Crippen LogP) is 2.85. The lowest BCUT2D eigenvalue weighted by molar-refractivity contribution is 0.0627. The van der Waals surface area contributed by atoms with Gasteiger partial charge in [-0.25, -0.2) is 20.0 Å². The van der Waals surface area contributed by atoms with Crippen LogP contribution in [0.3, 0.4) is 0 Å². The van der Waals surface area contributed by atoms with Gasteiger partial charge in [0.15, 0.2) is 0 Å². The molecule has 0 heterocycles. The number of rotatable bonds is 6. The highest BCUT2D eigenvalue weighted by Crippen LogP contribution is 2.07. The molecule has 6 nitrogen and oxygen atoms in total. The number of amides is 2. The van der Waals surface area contributed by atoms with Gasteiger partial charge in [0.25, 0.3) is 0 Å². The highest BCUT2D eigenvalue weighted by Gasteiger charge is 2.24. The number of hydrazine groups is 1. The fraction of sp³-hybridized carbons (Fsp3) is 0.692. The lowest BCUT2D eigenvalue weighted by Gasteiger charge is -2.27. The molecule has 19 heavy (non-hydrogen) atoms. The molecule has 1 unspecified atom stereocenters. The number of carbonyl (C=O) groups excluding carboxylic acids is 2. The molecule has 0 radical (unpaired) electrons. The van der Waals surface area contributed by atoms with Crippen molar-refractivity contribution in [2.24, 2.45) is 0 Å². The summed E-state index contributed by atoms with van der Waals surface area (Å²) in [7, 11) is 0. The molecule has 0 aliphatic rings. The molecule has 0 rings (SSSR count). The van der Waals surface area contributed by atoms with Gasteiger partial charge in [-0.1, -0.05) is 26.0 Å². The zero-order chi connectivity index (χ0) is 14.7. The van der Waals surface area contributed by atoms with Crippen LogP contribution in [0.5, 0.6) is 0 Å². The molecule has 0 saturated heterocycles. The van der Waals surface area contributed by atoms with Crippen LogP contribution in [-0.2, 0) is 9.47 Å². The van der Waals surface area contributed by atoms with Crippen molar-refractivity contribution in [3.05, 3.63) is 12.2 Å². The molecule has 0 aliphatic heterocycles. The van der Waals surface area contributed by atoms with Gasteiger partial charge in [-0.05, 0) is 26.7 Å². The topological polar surface area (TPSA) is 67.9 Å². The smallest absolute Gasteiger partial charge is 0.429 e. The molecule has 1 N–H and O–H groups in total. The van der Waals surface area contributed by atoms with E-state index in [1.807, 2.05) is 26.0 Å². The monoisotopic (exact) mass is 272 g/mol. The van der Waals surface area contributed by atoms with Crippen molar-refractivity contribution in [3.8, 4) is 0 Å². The first-order valence-electron chi connectivity index (χ1n) is 6.66. The van der Waals surface area contributed by atoms with Crippen molar-refractivity contribution in [2.75, 3.05) is 13.2 Å². The molecule has 0 aromatic heterocycles. The van der Waals surface area contributed by atoms with Gasteiger partial charge in [-0.2, -0.15) is 0 Å². The number of hydrogen-bond donors (Lipinski definition) is 1. The number of hydrogen-bond acceptors (Lipinski definition) is 4.